The fourth-order valence-electron chi connectivity index (χ4n) is 2.33. The number of benzene rings is 2. The lowest BCUT2D eigenvalue weighted by Crippen LogP contribution is -2.22. The third-order valence-corrected chi connectivity index (χ3v) is 4.96. The normalized spacial score (nSPS) is 12.7. The number of rotatable bonds is 9. The molecule has 0 saturated carbocycles. The molecule has 148 valence electrons. The highest BCUT2D eigenvalue weighted by atomic mass is 32.2. The van der Waals surface area contributed by atoms with Crippen molar-refractivity contribution in [2.75, 3.05) is 26.1 Å². The Morgan fingerprint density at radius 3 is 2.30 bits per heavy atom. The van der Waals surface area contributed by atoms with E-state index in [4.69, 9.17) is 14.2 Å². The number of alkyl halides is 3. The molecular formula is C20H23F3O3S. The Balaban J connectivity index is 1.86. The fraction of sp³-hybridized carbons (Fsp3) is 0.400. The molecule has 0 saturated heterocycles. The van der Waals surface area contributed by atoms with Crippen molar-refractivity contribution in [1.82, 2.24) is 0 Å². The topological polar surface area (TPSA) is 27.7 Å². The molecule has 0 radical (unpaired) electrons. The SMILES string of the molecule is CCOc1ccc(SCC(COc2ccc(C(F)(F)F)cc2)OC)cc1C. The maximum absolute atomic E-state index is 12.6. The molecule has 3 nitrogen and oxygen atoms in total. The summed E-state index contributed by atoms with van der Waals surface area (Å²) in [6, 6.07) is 10.6. The van der Waals surface area contributed by atoms with Crippen LogP contribution in [0.4, 0.5) is 13.2 Å². The Labute approximate surface area is 161 Å². The van der Waals surface area contributed by atoms with Gasteiger partial charge in [0.05, 0.1) is 12.2 Å². The second-order valence-electron chi connectivity index (χ2n) is 5.86. The predicted molar refractivity (Wildman–Crippen MR) is 101 cm³/mol. The number of ether oxygens (including phenoxy) is 3. The van der Waals surface area contributed by atoms with Crippen LogP contribution >= 0.6 is 11.8 Å². The smallest absolute Gasteiger partial charge is 0.416 e. The van der Waals surface area contributed by atoms with Crippen LogP contribution in [-0.4, -0.2) is 32.2 Å². The fourth-order valence-corrected chi connectivity index (χ4v) is 3.37. The molecule has 0 spiro atoms. The standard InChI is InChI=1S/C20H23F3O3S/c1-4-25-19-10-9-18(11-14(19)2)27-13-17(24-3)12-26-16-7-5-15(6-8-16)20(21,22)23/h5-11,17H,4,12-13H2,1-3H3. The molecule has 1 atom stereocenters. The molecule has 1 unspecified atom stereocenters. The lowest BCUT2D eigenvalue weighted by molar-refractivity contribution is -0.137. The summed E-state index contributed by atoms with van der Waals surface area (Å²) in [6.07, 6.45) is -4.54. The summed E-state index contributed by atoms with van der Waals surface area (Å²) in [4.78, 5) is 1.09. The molecule has 0 aliphatic rings. The van der Waals surface area contributed by atoms with Crippen molar-refractivity contribution in [2.45, 2.75) is 31.0 Å². The lowest BCUT2D eigenvalue weighted by Gasteiger charge is -2.17. The quantitative estimate of drug-likeness (QED) is 0.512. The lowest BCUT2D eigenvalue weighted by atomic mass is 10.2. The molecule has 0 N–H and O–H groups in total. The number of hydrogen-bond donors (Lipinski definition) is 0. The molecule has 0 fully saturated rings. The Hall–Kier alpha value is -1.86. The highest BCUT2D eigenvalue weighted by Crippen LogP contribution is 2.30. The van der Waals surface area contributed by atoms with Crippen molar-refractivity contribution in [3.8, 4) is 11.5 Å². The van der Waals surface area contributed by atoms with Gasteiger partial charge in [0.1, 0.15) is 24.2 Å². The van der Waals surface area contributed by atoms with Crippen LogP contribution in [0.5, 0.6) is 11.5 Å². The molecule has 0 bridgehead atoms. The first kappa shape index (κ1) is 21.4. The summed E-state index contributed by atoms with van der Waals surface area (Å²) < 4.78 is 54.2. The summed E-state index contributed by atoms with van der Waals surface area (Å²) in [7, 11) is 1.59. The molecule has 0 aliphatic carbocycles. The van der Waals surface area contributed by atoms with Gasteiger partial charge < -0.3 is 14.2 Å². The Morgan fingerprint density at radius 2 is 1.74 bits per heavy atom. The van der Waals surface area contributed by atoms with Crippen LogP contribution in [-0.2, 0) is 10.9 Å². The summed E-state index contributed by atoms with van der Waals surface area (Å²) in [5.41, 5.74) is 0.372. The van der Waals surface area contributed by atoms with Gasteiger partial charge in [-0.3, -0.25) is 0 Å². The molecule has 2 aromatic rings. The number of aryl methyl sites for hydroxylation is 1. The highest BCUT2D eigenvalue weighted by Gasteiger charge is 2.30. The second kappa shape index (κ2) is 9.90. The van der Waals surface area contributed by atoms with Gasteiger partial charge in [0.2, 0.25) is 0 Å². The molecule has 2 rings (SSSR count). The van der Waals surface area contributed by atoms with Gasteiger partial charge in [0.15, 0.2) is 0 Å². The number of hydrogen-bond acceptors (Lipinski definition) is 4. The van der Waals surface area contributed by atoms with Gasteiger partial charge in [0, 0.05) is 17.8 Å². The van der Waals surface area contributed by atoms with Crippen molar-refractivity contribution in [3.63, 3.8) is 0 Å². The van der Waals surface area contributed by atoms with Gasteiger partial charge in [-0.15, -0.1) is 11.8 Å². The average molecular weight is 400 g/mol. The minimum absolute atomic E-state index is 0.191. The van der Waals surface area contributed by atoms with Crippen molar-refractivity contribution in [2.24, 2.45) is 0 Å². The van der Waals surface area contributed by atoms with Crippen LogP contribution in [0.2, 0.25) is 0 Å². The third-order valence-electron chi connectivity index (χ3n) is 3.83. The van der Waals surface area contributed by atoms with Crippen molar-refractivity contribution >= 4 is 11.8 Å². The van der Waals surface area contributed by atoms with Gasteiger partial charge >= 0.3 is 6.18 Å². The van der Waals surface area contributed by atoms with E-state index in [9.17, 15) is 13.2 Å². The number of methoxy groups -OCH3 is 1. The number of thioether (sulfide) groups is 1. The molecule has 2 aromatic carbocycles. The first-order valence-electron chi connectivity index (χ1n) is 8.52. The minimum atomic E-state index is -4.35. The van der Waals surface area contributed by atoms with E-state index in [-0.39, 0.29) is 12.7 Å². The van der Waals surface area contributed by atoms with E-state index in [2.05, 4.69) is 6.07 Å². The average Bonchev–Trinajstić information content (AvgIpc) is 2.63. The third kappa shape index (κ3) is 6.66. The van der Waals surface area contributed by atoms with Gasteiger partial charge in [-0.1, -0.05) is 0 Å². The zero-order valence-corrected chi connectivity index (χ0v) is 16.3. The van der Waals surface area contributed by atoms with Crippen molar-refractivity contribution in [3.05, 3.63) is 53.6 Å². The van der Waals surface area contributed by atoms with Crippen LogP contribution in [0.25, 0.3) is 0 Å². The van der Waals surface area contributed by atoms with Crippen LogP contribution in [0.1, 0.15) is 18.1 Å². The Bertz CT molecular complexity index is 717. The summed E-state index contributed by atoms with van der Waals surface area (Å²) in [6.45, 7) is 4.82. The first-order valence-corrected chi connectivity index (χ1v) is 9.51. The van der Waals surface area contributed by atoms with Gasteiger partial charge in [-0.2, -0.15) is 13.2 Å². The van der Waals surface area contributed by atoms with E-state index in [1.807, 2.05) is 26.0 Å². The van der Waals surface area contributed by atoms with E-state index in [1.54, 1.807) is 18.9 Å². The van der Waals surface area contributed by atoms with Gasteiger partial charge in [0.25, 0.3) is 0 Å². The van der Waals surface area contributed by atoms with Crippen molar-refractivity contribution in [1.29, 1.82) is 0 Å². The van der Waals surface area contributed by atoms with Gasteiger partial charge in [-0.05, 0) is 61.9 Å². The minimum Gasteiger partial charge on any atom is -0.494 e. The summed E-state index contributed by atoms with van der Waals surface area (Å²) >= 11 is 1.63. The summed E-state index contributed by atoms with van der Waals surface area (Å²) in [5, 5.41) is 0. The van der Waals surface area contributed by atoms with E-state index in [1.165, 1.54) is 12.1 Å². The maximum atomic E-state index is 12.6. The monoisotopic (exact) mass is 400 g/mol. The summed E-state index contributed by atoms with van der Waals surface area (Å²) in [5.74, 6) is 1.91. The van der Waals surface area contributed by atoms with Crippen LogP contribution in [0, 0.1) is 6.92 Å². The van der Waals surface area contributed by atoms with Crippen LogP contribution < -0.4 is 9.47 Å². The van der Waals surface area contributed by atoms with E-state index in [0.717, 1.165) is 28.3 Å². The second-order valence-corrected chi connectivity index (χ2v) is 6.96. The molecule has 0 amide bonds. The molecule has 0 heterocycles. The maximum Gasteiger partial charge on any atom is 0.416 e. The zero-order valence-electron chi connectivity index (χ0n) is 15.5. The Morgan fingerprint density at radius 1 is 1.04 bits per heavy atom. The van der Waals surface area contributed by atoms with Crippen LogP contribution in [0.3, 0.4) is 0 Å². The first-order chi connectivity index (χ1) is 12.8. The number of halogens is 3. The Kier molecular flexibility index (Phi) is 7.86. The van der Waals surface area contributed by atoms with Crippen LogP contribution in [0.15, 0.2) is 47.4 Å². The predicted octanol–water partition coefficient (Wildman–Crippen LogP) is 5.60. The molecule has 27 heavy (non-hydrogen) atoms. The molecule has 0 aromatic heterocycles. The molecule has 0 aliphatic heterocycles. The van der Waals surface area contributed by atoms with Gasteiger partial charge in [-0.25, -0.2) is 0 Å². The van der Waals surface area contributed by atoms with E-state index >= 15 is 0 Å². The van der Waals surface area contributed by atoms with E-state index in [0.29, 0.717) is 18.1 Å². The molecule has 7 heteroatoms. The van der Waals surface area contributed by atoms with E-state index < -0.39 is 11.7 Å². The highest BCUT2D eigenvalue weighted by molar-refractivity contribution is 7.99. The largest absolute Gasteiger partial charge is 0.494 e. The zero-order chi connectivity index (χ0) is 19.9. The van der Waals surface area contributed by atoms with Crippen molar-refractivity contribution < 1.29 is 27.4 Å². The molecular weight excluding hydrogens is 377 g/mol.